The monoisotopic (exact) mass is 342 g/mol. The normalized spacial score (nSPS) is 10.6. The maximum atomic E-state index is 12.2. The third-order valence-electron chi connectivity index (χ3n) is 2.54. The predicted octanol–water partition coefficient (Wildman–Crippen LogP) is 1.93. The molecule has 0 saturated heterocycles. The molecule has 0 unspecified atom stereocenters. The van der Waals surface area contributed by atoms with Crippen LogP contribution in [0.25, 0.3) is 0 Å². The van der Waals surface area contributed by atoms with Crippen molar-refractivity contribution in [3.8, 4) is 0 Å². The van der Waals surface area contributed by atoms with Crippen molar-refractivity contribution in [2.45, 2.75) is 24.0 Å². The number of hydrogen-bond donors (Lipinski definition) is 2. The van der Waals surface area contributed by atoms with Gasteiger partial charge in [0.25, 0.3) is 11.6 Å². The van der Waals surface area contributed by atoms with Crippen LogP contribution < -0.4 is 5.32 Å². The summed E-state index contributed by atoms with van der Waals surface area (Å²) in [6.45, 7) is 3.61. The van der Waals surface area contributed by atoms with Gasteiger partial charge in [-0.3, -0.25) is 14.9 Å². The van der Waals surface area contributed by atoms with Gasteiger partial charge in [-0.1, -0.05) is 13.8 Å². The molecule has 1 aromatic rings. The van der Waals surface area contributed by atoms with Crippen molar-refractivity contribution in [3.63, 3.8) is 0 Å². The van der Waals surface area contributed by atoms with E-state index < -0.39 is 23.4 Å². The Kier molecular flexibility index (Phi) is 7.49. The van der Waals surface area contributed by atoms with E-state index in [0.717, 1.165) is 0 Å². The highest BCUT2D eigenvalue weighted by atomic mass is 32.2. The molecular formula is C14H18N2O6S. The van der Waals surface area contributed by atoms with Gasteiger partial charge in [-0.2, -0.15) is 0 Å². The lowest BCUT2D eigenvalue weighted by molar-refractivity contribution is -0.384. The average Bonchev–Trinajstić information content (AvgIpc) is 2.45. The zero-order chi connectivity index (χ0) is 17.4. The Bertz CT molecular complexity index is 591. The number of carboxylic acid groups (broad SMARTS) is 1. The first kappa shape index (κ1) is 18.9. The van der Waals surface area contributed by atoms with Crippen molar-refractivity contribution in [2.24, 2.45) is 0 Å². The third kappa shape index (κ3) is 6.66. The first-order valence-corrected chi connectivity index (χ1v) is 7.72. The molecular weight excluding hydrogens is 324 g/mol. The number of hydrogen-bond acceptors (Lipinski definition) is 6. The highest BCUT2D eigenvalue weighted by Gasteiger charge is 2.17. The van der Waals surface area contributed by atoms with Crippen LogP contribution >= 0.6 is 11.8 Å². The fourth-order valence-corrected chi connectivity index (χ4v) is 2.59. The van der Waals surface area contributed by atoms with Gasteiger partial charge in [-0.25, -0.2) is 4.79 Å². The molecule has 0 fully saturated rings. The molecule has 0 heterocycles. The molecule has 9 heteroatoms. The summed E-state index contributed by atoms with van der Waals surface area (Å²) < 4.78 is 4.81. The molecule has 1 rings (SSSR count). The fourth-order valence-electron chi connectivity index (χ4n) is 1.66. The van der Waals surface area contributed by atoms with Gasteiger partial charge in [0, 0.05) is 28.8 Å². The van der Waals surface area contributed by atoms with Crippen molar-refractivity contribution in [1.82, 2.24) is 5.32 Å². The number of amides is 1. The van der Waals surface area contributed by atoms with E-state index in [1.54, 1.807) is 6.07 Å². The molecule has 0 saturated carbocycles. The summed E-state index contributed by atoms with van der Waals surface area (Å²) in [5, 5.41) is 22.1. The van der Waals surface area contributed by atoms with Crippen LogP contribution in [-0.2, 0) is 9.53 Å². The number of carboxylic acids is 1. The SMILES string of the molecule is CC(C)Sc1ccc([N+](=O)[O-])cc1C(=O)NCCOCC(=O)O. The molecule has 0 aromatic heterocycles. The molecule has 2 N–H and O–H groups in total. The van der Waals surface area contributed by atoms with E-state index >= 15 is 0 Å². The smallest absolute Gasteiger partial charge is 0.329 e. The quantitative estimate of drug-likeness (QED) is 0.304. The maximum absolute atomic E-state index is 12.2. The number of carbonyl (C=O) groups excluding carboxylic acids is 1. The van der Waals surface area contributed by atoms with E-state index in [2.05, 4.69) is 5.32 Å². The van der Waals surface area contributed by atoms with Gasteiger partial charge in [-0.05, 0) is 6.07 Å². The van der Waals surface area contributed by atoms with Crippen LogP contribution in [0.4, 0.5) is 5.69 Å². The standard InChI is InChI=1S/C14H18N2O6S/c1-9(2)23-12-4-3-10(16(20)21)7-11(12)14(19)15-5-6-22-8-13(17)18/h3-4,7,9H,5-6,8H2,1-2H3,(H,15,19)(H,17,18). The second kappa shape index (κ2) is 9.11. The van der Waals surface area contributed by atoms with Crippen LogP contribution in [0.5, 0.6) is 0 Å². The second-order valence-corrected chi connectivity index (χ2v) is 6.42. The molecule has 0 spiro atoms. The third-order valence-corrected chi connectivity index (χ3v) is 3.62. The number of carbonyl (C=O) groups is 2. The van der Waals surface area contributed by atoms with Gasteiger partial charge in [0.2, 0.25) is 0 Å². The Balaban J connectivity index is 2.77. The Morgan fingerprint density at radius 1 is 1.43 bits per heavy atom. The molecule has 1 aromatic carbocycles. The molecule has 0 atom stereocenters. The van der Waals surface area contributed by atoms with Gasteiger partial charge in [0.15, 0.2) is 0 Å². The van der Waals surface area contributed by atoms with E-state index in [9.17, 15) is 19.7 Å². The zero-order valence-electron chi connectivity index (χ0n) is 12.8. The number of nitro groups is 1. The number of benzene rings is 1. The summed E-state index contributed by atoms with van der Waals surface area (Å²) in [7, 11) is 0. The van der Waals surface area contributed by atoms with Gasteiger partial charge in [0.05, 0.1) is 17.1 Å². The zero-order valence-corrected chi connectivity index (χ0v) is 13.6. The number of ether oxygens (including phenoxy) is 1. The Morgan fingerprint density at radius 2 is 2.13 bits per heavy atom. The molecule has 0 aliphatic rings. The van der Waals surface area contributed by atoms with E-state index in [1.807, 2.05) is 13.8 Å². The van der Waals surface area contributed by atoms with E-state index in [0.29, 0.717) is 4.90 Å². The van der Waals surface area contributed by atoms with Crippen molar-refractivity contribution in [3.05, 3.63) is 33.9 Å². The van der Waals surface area contributed by atoms with Crippen LogP contribution in [0.3, 0.4) is 0 Å². The van der Waals surface area contributed by atoms with Gasteiger partial charge < -0.3 is 15.2 Å². The Morgan fingerprint density at radius 3 is 2.70 bits per heavy atom. The van der Waals surface area contributed by atoms with Crippen molar-refractivity contribution in [1.29, 1.82) is 0 Å². The molecule has 0 aliphatic carbocycles. The van der Waals surface area contributed by atoms with Crippen LogP contribution in [0.1, 0.15) is 24.2 Å². The molecule has 23 heavy (non-hydrogen) atoms. The molecule has 0 aliphatic heterocycles. The molecule has 8 nitrogen and oxygen atoms in total. The molecule has 126 valence electrons. The Labute approximate surface area is 137 Å². The molecule has 1 amide bonds. The number of thioether (sulfide) groups is 1. The average molecular weight is 342 g/mol. The highest BCUT2D eigenvalue weighted by molar-refractivity contribution is 8.00. The Hall–Kier alpha value is -2.13. The lowest BCUT2D eigenvalue weighted by Crippen LogP contribution is -2.28. The minimum absolute atomic E-state index is 0.0413. The second-order valence-electron chi connectivity index (χ2n) is 4.81. The fraction of sp³-hybridized carbons (Fsp3) is 0.429. The van der Waals surface area contributed by atoms with Crippen LogP contribution in [0.2, 0.25) is 0 Å². The number of rotatable bonds is 9. The van der Waals surface area contributed by atoms with Crippen LogP contribution in [0, 0.1) is 10.1 Å². The van der Waals surface area contributed by atoms with Crippen molar-refractivity contribution >= 4 is 29.3 Å². The summed E-state index contributed by atoms with van der Waals surface area (Å²) in [5.41, 5.74) is 0.0570. The number of aliphatic carboxylic acids is 1. The first-order chi connectivity index (χ1) is 10.8. The number of nitrogens with zero attached hydrogens (tertiary/aromatic N) is 1. The van der Waals surface area contributed by atoms with E-state index in [-0.39, 0.29) is 29.7 Å². The molecule has 0 radical (unpaired) electrons. The highest BCUT2D eigenvalue weighted by Crippen LogP contribution is 2.29. The first-order valence-electron chi connectivity index (χ1n) is 6.84. The summed E-state index contributed by atoms with van der Waals surface area (Å²) in [4.78, 5) is 33.4. The van der Waals surface area contributed by atoms with Crippen molar-refractivity contribution in [2.75, 3.05) is 19.8 Å². The summed E-state index contributed by atoms with van der Waals surface area (Å²) in [5.74, 6) is -1.55. The topological polar surface area (TPSA) is 119 Å². The van der Waals surface area contributed by atoms with E-state index in [4.69, 9.17) is 9.84 Å². The number of nitro benzene ring substituents is 1. The lowest BCUT2D eigenvalue weighted by atomic mass is 10.2. The summed E-state index contributed by atoms with van der Waals surface area (Å²) >= 11 is 1.43. The number of nitrogens with one attached hydrogen (secondary N) is 1. The van der Waals surface area contributed by atoms with Crippen molar-refractivity contribution < 1.29 is 24.4 Å². The summed E-state index contributed by atoms with van der Waals surface area (Å²) in [6.07, 6.45) is 0. The van der Waals surface area contributed by atoms with Gasteiger partial charge in [0.1, 0.15) is 6.61 Å². The molecule has 0 bridgehead atoms. The minimum Gasteiger partial charge on any atom is -0.480 e. The minimum atomic E-state index is -1.09. The summed E-state index contributed by atoms with van der Waals surface area (Å²) in [6, 6.07) is 4.15. The van der Waals surface area contributed by atoms with Crippen LogP contribution in [-0.4, -0.2) is 46.9 Å². The lowest BCUT2D eigenvalue weighted by Gasteiger charge is -2.11. The largest absolute Gasteiger partial charge is 0.480 e. The maximum Gasteiger partial charge on any atom is 0.329 e. The van der Waals surface area contributed by atoms with Crippen LogP contribution in [0.15, 0.2) is 23.1 Å². The van der Waals surface area contributed by atoms with E-state index in [1.165, 1.54) is 23.9 Å². The number of non-ortho nitro benzene ring substituents is 1. The predicted molar refractivity (Wildman–Crippen MR) is 84.9 cm³/mol. The van der Waals surface area contributed by atoms with Gasteiger partial charge in [-0.15, -0.1) is 11.8 Å². The van der Waals surface area contributed by atoms with Gasteiger partial charge >= 0.3 is 5.97 Å².